The van der Waals surface area contributed by atoms with E-state index in [2.05, 4.69) is 0 Å². The number of carbonyl (C=O) groups is 1. The number of nitrogen functional groups attached to an aromatic ring is 1. The van der Waals surface area contributed by atoms with Crippen LogP contribution in [-0.2, 0) is 6.42 Å². The van der Waals surface area contributed by atoms with E-state index < -0.39 is 0 Å². The Morgan fingerprint density at radius 3 is 2.65 bits per heavy atom. The highest BCUT2D eigenvalue weighted by molar-refractivity contribution is 6.07. The van der Waals surface area contributed by atoms with E-state index in [1.807, 2.05) is 54.3 Å². The molecule has 1 aliphatic rings. The van der Waals surface area contributed by atoms with Crippen LogP contribution in [-0.4, -0.2) is 19.1 Å². The molecular formula is C18H21ClN2O2. The molecule has 0 saturated heterocycles. The molecule has 0 unspecified atom stereocenters. The van der Waals surface area contributed by atoms with Gasteiger partial charge >= 0.3 is 0 Å². The van der Waals surface area contributed by atoms with E-state index in [4.69, 9.17) is 10.5 Å². The smallest absolute Gasteiger partial charge is 0.258 e. The predicted octanol–water partition coefficient (Wildman–Crippen LogP) is 3.68. The molecule has 1 heterocycles. The third kappa shape index (κ3) is 3.42. The molecule has 122 valence electrons. The predicted molar refractivity (Wildman–Crippen MR) is 95.7 cm³/mol. The molecule has 0 radical (unpaired) electrons. The van der Waals surface area contributed by atoms with E-state index in [0.29, 0.717) is 12.2 Å². The minimum Gasteiger partial charge on any atom is -0.494 e. The molecule has 0 spiro atoms. The van der Waals surface area contributed by atoms with Crippen molar-refractivity contribution >= 4 is 29.7 Å². The molecule has 2 aromatic carbocycles. The summed E-state index contributed by atoms with van der Waals surface area (Å²) in [6.07, 6.45) is 1.86. The fraction of sp³-hybridized carbons (Fsp3) is 0.278. The van der Waals surface area contributed by atoms with Gasteiger partial charge in [0.2, 0.25) is 0 Å². The molecule has 2 aromatic rings. The highest BCUT2D eigenvalue weighted by Crippen LogP contribution is 2.32. The molecule has 1 aliphatic heterocycles. The molecule has 4 nitrogen and oxygen atoms in total. The van der Waals surface area contributed by atoms with Gasteiger partial charge in [-0.2, -0.15) is 0 Å². The summed E-state index contributed by atoms with van der Waals surface area (Å²) in [7, 11) is 0. The number of anilines is 2. The Kier molecular flexibility index (Phi) is 5.50. The molecular weight excluding hydrogens is 312 g/mol. The lowest BCUT2D eigenvalue weighted by Crippen LogP contribution is -2.35. The maximum Gasteiger partial charge on any atom is 0.258 e. The lowest BCUT2D eigenvalue weighted by atomic mass is 9.99. The van der Waals surface area contributed by atoms with Crippen LogP contribution in [0.4, 0.5) is 11.4 Å². The molecule has 0 aliphatic carbocycles. The van der Waals surface area contributed by atoms with Crippen LogP contribution in [0.1, 0.15) is 29.3 Å². The zero-order chi connectivity index (χ0) is 15.5. The fourth-order valence-electron chi connectivity index (χ4n) is 2.88. The molecule has 3 rings (SSSR count). The second-order valence-corrected chi connectivity index (χ2v) is 5.36. The van der Waals surface area contributed by atoms with Crippen molar-refractivity contribution in [2.45, 2.75) is 19.8 Å². The molecule has 2 N–H and O–H groups in total. The van der Waals surface area contributed by atoms with Gasteiger partial charge in [-0.1, -0.05) is 6.07 Å². The van der Waals surface area contributed by atoms with Crippen LogP contribution in [0.2, 0.25) is 0 Å². The fourth-order valence-corrected chi connectivity index (χ4v) is 2.88. The highest BCUT2D eigenvalue weighted by Gasteiger charge is 2.24. The number of hydrogen-bond acceptors (Lipinski definition) is 3. The number of fused-ring (bicyclic) bond motifs is 1. The summed E-state index contributed by atoms with van der Waals surface area (Å²) in [4.78, 5) is 14.6. The molecule has 0 atom stereocenters. The van der Waals surface area contributed by atoms with Crippen molar-refractivity contribution in [3.8, 4) is 5.75 Å². The quantitative estimate of drug-likeness (QED) is 0.872. The van der Waals surface area contributed by atoms with Crippen LogP contribution >= 0.6 is 12.4 Å². The van der Waals surface area contributed by atoms with Gasteiger partial charge in [0.15, 0.2) is 0 Å². The summed E-state index contributed by atoms with van der Waals surface area (Å²) in [5, 5.41) is 0. The third-order valence-corrected chi connectivity index (χ3v) is 3.94. The number of carbonyl (C=O) groups excluding carboxylic acids is 1. The first-order valence-corrected chi connectivity index (χ1v) is 7.63. The van der Waals surface area contributed by atoms with Crippen LogP contribution < -0.4 is 15.4 Å². The van der Waals surface area contributed by atoms with Crippen LogP contribution in [0.5, 0.6) is 5.75 Å². The number of ether oxygens (including phenoxy) is 1. The number of hydrogen-bond donors (Lipinski definition) is 1. The number of halogens is 1. The first-order chi connectivity index (χ1) is 10.7. The summed E-state index contributed by atoms with van der Waals surface area (Å²) < 4.78 is 5.42. The number of nitrogens with zero attached hydrogens (tertiary/aromatic N) is 1. The summed E-state index contributed by atoms with van der Waals surface area (Å²) >= 11 is 0. The standard InChI is InChI=1S/C18H20N2O2.ClH/c1-2-22-14-10-8-13(9-11-14)18(21)20-12-4-5-15-16(19)6-3-7-17(15)20;/h3,6-11H,2,4-5,12,19H2,1H3;1H. The minimum absolute atomic E-state index is 0. The van der Waals surface area contributed by atoms with Gasteiger partial charge in [-0.25, -0.2) is 0 Å². The molecule has 0 aromatic heterocycles. The van der Waals surface area contributed by atoms with Gasteiger partial charge in [-0.3, -0.25) is 4.79 Å². The zero-order valence-electron chi connectivity index (χ0n) is 13.1. The van der Waals surface area contributed by atoms with Gasteiger partial charge < -0.3 is 15.4 Å². The van der Waals surface area contributed by atoms with Crippen LogP contribution in [0.3, 0.4) is 0 Å². The van der Waals surface area contributed by atoms with E-state index in [-0.39, 0.29) is 18.3 Å². The van der Waals surface area contributed by atoms with Crippen LogP contribution in [0.15, 0.2) is 42.5 Å². The Hall–Kier alpha value is -2.20. The van der Waals surface area contributed by atoms with E-state index in [1.165, 1.54) is 0 Å². The topological polar surface area (TPSA) is 55.6 Å². The number of amides is 1. The SMILES string of the molecule is CCOc1ccc(C(=O)N2CCCc3c(N)cccc32)cc1.Cl. The summed E-state index contributed by atoms with van der Waals surface area (Å²) in [5.41, 5.74) is 9.48. The summed E-state index contributed by atoms with van der Waals surface area (Å²) in [5.74, 6) is 0.789. The van der Waals surface area contributed by atoms with Crippen molar-refractivity contribution in [3.63, 3.8) is 0 Å². The molecule has 23 heavy (non-hydrogen) atoms. The summed E-state index contributed by atoms with van der Waals surface area (Å²) in [6, 6.07) is 13.1. The lowest BCUT2D eigenvalue weighted by molar-refractivity contribution is 0.0985. The Morgan fingerprint density at radius 2 is 1.96 bits per heavy atom. The van der Waals surface area contributed by atoms with E-state index in [9.17, 15) is 4.79 Å². The number of nitrogens with two attached hydrogens (primary N) is 1. The van der Waals surface area contributed by atoms with E-state index in [0.717, 1.165) is 42.1 Å². The van der Waals surface area contributed by atoms with Crippen molar-refractivity contribution in [1.29, 1.82) is 0 Å². The molecule has 0 fully saturated rings. The second kappa shape index (κ2) is 7.38. The van der Waals surface area contributed by atoms with E-state index in [1.54, 1.807) is 0 Å². The van der Waals surface area contributed by atoms with Gasteiger partial charge in [-0.05, 0) is 61.7 Å². The lowest BCUT2D eigenvalue weighted by Gasteiger charge is -2.30. The molecule has 0 bridgehead atoms. The van der Waals surface area contributed by atoms with Crippen molar-refractivity contribution in [2.24, 2.45) is 0 Å². The average molecular weight is 333 g/mol. The molecule has 0 saturated carbocycles. The second-order valence-electron chi connectivity index (χ2n) is 5.36. The Bertz CT molecular complexity index is 686. The van der Waals surface area contributed by atoms with Gasteiger partial charge in [0.25, 0.3) is 5.91 Å². The molecule has 5 heteroatoms. The Balaban J connectivity index is 0.00000192. The normalized spacial score (nSPS) is 13.0. The maximum absolute atomic E-state index is 12.8. The highest BCUT2D eigenvalue weighted by atomic mass is 35.5. The number of rotatable bonds is 3. The van der Waals surface area contributed by atoms with Gasteiger partial charge in [-0.15, -0.1) is 12.4 Å². The first-order valence-electron chi connectivity index (χ1n) is 7.63. The zero-order valence-corrected chi connectivity index (χ0v) is 13.9. The van der Waals surface area contributed by atoms with Gasteiger partial charge in [0, 0.05) is 23.5 Å². The minimum atomic E-state index is 0. The molecule has 1 amide bonds. The van der Waals surface area contributed by atoms with Crippen LogP contribution in [0.25, 0.3) is 0 Å². The first kappa shape index (κ1) is 17.2. The van der Waals surface area contributed by atoms with Crippen molar-refractivity contribution in [2.75, 3.05) is 23.8 Å². The van der Waals surface area contributed by atoms with Crippen LogP contribution in [0, 0.1) is 0 Å². The van der Waals surface area contributed by atoms with E-state index >= 15 is 0 Å². The third-order valence-electron chi connectivity index (χ3n) is 3.94. The van der Waals surface area contributed by atoms with Gasteiger partial charge in [0.05, 0.1) is 6.61 Å². The Morgan fingerprint density at radius 1 is 1.22 bits per heavy atom. The maximum atomic E-state index is 12.8. The number of benzene rings is 2. The monoisotopic (exact) mass is 332 g/mol. The van der Waals surface area contributed by atoms with Gasteiger partial charge in [0.1, 0.15) is 5.75 Å². The summed E-state index contributed by atoms with van der Waals surface area (Å²) in [6.45, 7) is 3.28. The van der Waals surface area contributed by atoms with Crippen molar-refractivity contribution in [3.05, 3.63) is 53.6 Å². The van der Waals surface area contributed by atoms with Crippen molar-refractivity contribution in [1.82, 2.24) is 0 Å². The average Bonchev–Trinajstić information content (AvgIpc) is 2.55. The Labute approximate surface area is 142 Å². The van der Waals surface area contributed by atoms with Crippen molar-refractivity contribution < 1.29 is 9.53 Å². The largest absolute Gasteiger partial charge is 0.494 e.